The summed E-state index contributed by atoms with van der Waals surface area (Å²) in [6.07, 6.45) is 0.694. The van der Waals surface area contributed by atoms with E-state index in [1.807, 2.05) is 30.3 Å². The molecule has 1 aromatic carbocycles. The summed E-state index contributed by atoms with van der Waals surface area (Å²) < 4.78 is 5.21. The van der Waals surface area contributed by atoms with E-state index < -0.39 is 0 Å². The van der Waals surface area contributed by atoms with Gasteiger partial charge >= 0.3 is 0 Å². The maximum Gasteiger partial charge on any atom is 0.132 e. The number of benzene rings is 1. The van der Waals surface area contributed by atoms with E-state index in [1.54, 1.807) is 18.9 Å². The fourth-order valence-electron chi connectivity index (χ4n) is 1.10. The molecule has 0 aromatic heterocycles. The van der Waals surface area contributed by atoms with Crippen LogP contribution in [0, 0.1) is 11.3 Å². The molecule has 3 nitrogen and oxygen atoms in total. The second kappa shape index (κ2) is 6.33. The maximum absolute atomic E-state index is 8.52. The Morgan fingerprint density at radius 1 is 1.53 bits per heavy atom. The quantitative estimate of drug-likeness (QED) is 0.774. The molecule has 1 aromatic rings. The summed E-state index contributed by atoms with van der Waals surface area (Å²) in [6.45, 7) is 0. The average Bonchev–Trinajstić information content (AvgIpc) is 2.29. The van der Waals surface area contributed by atoms with Crippen LogP contribution < -0.4 is 10.5 Å². The van der Waals surface area contributed by atoms with Crippen LogP contribution in [0.5, 0.6) is 5.75 Å². The second-order valence-electron chi connectivity index (χ2n) is 3.02. The van der Waals surface area contributed by atoms with Gasteiger partial charge in [-0.1, -0.05) is 12.1 Å². The van der Waals surface area contributed by atoms with E-state index in [0.29, 0.717) is 6.42 Å². The molecular formula is C11H14N2OS. The van der Waals surface area contributed by atoms with E-state index in [4.69, 9.17) is 15.7 Å². The molecule has 0 saturated heterocycles. The standard InChI is InChI=1S/C11H14N2OS/c1-14-10-4-2-3-5-11(10)15-7-6-9(13)8-12/h2-5,9H,6-7,13H2,1H3. The van der Waals surface area contributed by atoms with Crippen LogP contribution in [0.3, 0.4) is 0 Å². The minimum atomic E-state index is -0.368. The molecule has 0 heterocycles. The largest absolute Gasteiger partial charge is 0.496 e. The van der Waals surface area contributed by atoms with Gasteiger partial charge in [-0.25, -0.2) is 0 Å². The van der Waals surface area contributed by atoms with Crippen LogP contribution in [0.4, 0.5) is 0 Å². The van der Waals surface area contributed by atoms with E-state index >= 15 is 0 Å². The fraction of sp³-hybridized carbons (Fsp3) is 0.364. The molecule has 0 radical (unpaired) electrons. The Balaban J connectivity index is 2.47. The van der Waals surface area contributed by atoms with Crippen LogP contribution in [0.25, 0.3) is 0 Å². The minimum absolute atomic E-state index is 0.368. The zero-order valence-electron chi connectivity index (χ0n) is 8.64. The van der Waals surface area contributed by atoms with Gasteiger partial charge in [0.15, 0.2) is 0 Å². The minimum Gasteiger partial charge on any atom is -0.496 e. The van der Waals surface area contributed by atoms with Gasteiger partial charge in [-0.15, -0.1) is 11.8 Å². The van der Waals surface area contributed by atoms with Crippen molar-refractivity contribution in [3.63, 3.8) is 0 Å². The van der Waals surface area contributed by atoms with Crippen molar-refractivity contribution in [1.82, 2.24) is 0 Å². The van der Waals surface area contributed by atoms with E-state index in [-0.39, 0.29) is 6.04 Å². The third-order valence-corrected chi connectivity index (χ3v) is 3.01. The third kappa shape index (κ3) is 3.82. The molecule has 0 bridgehead atoms. The van der Waals surface area contributed by atoms with Gasteiger partial charge in [0.05, 0.1) is 19.2 Å². The zero-order valence-corrected chi connectivity index (χ0v) is 9.46. The normalized spacial score (nSPS) is 11.8. The smallest absolute Gasteiger partial charge is 0.132 e. The van der Waals surface area contributed by atoms with Gasteiger partial charge in [0.1, 0.15) is 5.75 Å². The molecular weight excluding hydrogens is 208 g/mol. The molecule has 1 atom stereocenters. The summed E-state index contributed by atoms with van der Waals surface area (Å²) >= 11 is 1.66. The molecule has 0 fully saturated rings. The lowest BCUT2D eigenvalue weighted by Crippen LogP contribution is -2.17. The lowest BCUT2D eigenvalue weighted by molar-refractivity contribution is 0.405. The Morgan fingerprint density at radius 3 is 2.93 bits per heavy atom. The third-order valence-electron chi connectivity index (χ3n) is 1.92. The van der Waals surface area contributed by atoms with Gasteiger partial charge in [0.2, 0.25) is 0 Å². The monoisotopic (exact) mass is 222 g/mol. The number of rotatable bonds is 5. The predicted octanol–water partition coefficient (Wildman–Crippen LogP) is 2.03. The Labute approximate surface area is 94.2 Å². The van der Waals surface area contributed by atoms with Crippen molar-refractivity contribution in [2.75, 3.05) is 12.9 Å². The summed E-state index contributed by atoms with van der Waals surface area (Å²) in [4.78, 5) is 1.09. The van der Waals surface area contributed by atoms with Gasteiger partial charge < -0.3 is 10.5 Å². The first-order valence-electron chi connectivity index (χ1n) is 4.69. The number of thioether (sulfide) groups is 1. The van der Waals surface area contributed by atoms with Crippen molar-refractivity contribution >= 4 is 11.8 Å². The number of para-hydroxylation sites is 1. The van der Waals surface area contributed by atoms with Crippen LogP contribution in [-0.4, -0.2) is 18.9 Å². The van der Waals surface area contributed by atoms with Crippen molar-refractivity contribution in [1.29, 1.82) is 5.26 Å². The van der Waals surface area contributed by atoms with Crippen molar-refractivity contribution in [3.05, 3.63) is 24.3 Å². The molecule has 4 heteroatoms. The Bertz CT molecular complexity index is 349. The molecule has 80 valence electrons. The Hall–Kier alpha value is -1.18. The van der Waals surface area contributed by atoms with Crippen LogP contribution >= 0.6 is 11.8 Å². The van der Waals surface area contributed by atoms with Gasteiger partial charge in [-0.3, -0.25) is 0 Å². The summed E-state index contributed by atoms with van der Waals surface area (Å²) in [6, 6.07) is 9.47. The van der Waals surface area contributed by atoms with E-state index in [9.17, 15) is 0 Å². The zero-order chi connectivity index (χ0) is 11.1. The number of hydrogen-bond acceptors (Lipinski definition) is 4. The summed E-state index contributed by atoms with van der Waals surface area (Å²) in [5.41, 5.74) is 5.50. The number of ether oxygens (including phenoxy) is 1. The predicted molar refractivity (Wildman–Crippen MR) is 61.9 cm³/mol. The highest BCUT2D eigenvalue weighted by atomic mass is 32.2. The number of nitrogens with two attached hydrogens (primary N) is 1. The fourth-order valence-corrected chi connectivity index (χ4v) is 2.16. The topological polar surface area (TPSA) is 59.0 Å². The highest BCUT2D eigenvalue weighted by Crippen LogP contribution is 2.28. The first-order chi connectivity index (χ1) is 7.27. The van der Waals surface area contributed by atoms with Crippen LogP contribution in [-0.2, 0) is 0 Å². The lowest BCUT2D eigenvalue weighted by atomic mass is 10.3. The van der Waals surface area contributed by atoms with E-state index in [0.717, 1.165) is 16.4 Å². The van der Waals surface area contributed by atoms with Gasteiger partial charge in [-0.05, 0) is 18.6 Å². The summed E-state index contributed by atoms with van der Waals surface area (Å²) in [5, 5.41) is 8.52. The van der Waals surface area contributed by atoms with Crippen molar-refractivity contribution in [2.45, 2.75) is 17.4 Å². The average molecular weight is 222 g/mol. The molecule has 0 spiro atoms. The molecule has 0 aliphatic rings. The highest BCUT2D eigenvalue weighted by Gasteiger charge is 2.04. The maximum atomic E-state index is 8.52. The molecule has 0 aliphatic carbocycles. The Kier molecular flexibility index (Phi) is 5.02. The summed E-state index contributed by atoms with van der Waals surface area (Å²) in [5.74, 6) is 1.70. The first-order valence-corrected chi connectivity index (χ1v) is 5.67. The number of methoxy groups -OCH3 is 1. The summed E-state index contributed by atoms with van der Waals surface area (Å²) in [7, 11) is 1.65. The van der Waals surface area contributed by atoms with E-state index in [2.05, 4.69) is 0 Å². The molecule has 0 saturated carbocycles. The SMILES string of the molecule is COc1ccccc1SCCC(N)C#N. The first kappa shape index (κ1) is 11.9. The van der Waals surface area contributed by atoms with Crippen molar-refractivity contribution < 1.29 is 4.74 Å². The molecule has 0 aliphatic heterocycles. The molecule has 2 N–H and O–H groups in total. The molecule has 0 amide bonds. The highest BCUT2D eigenvalue weighted by molar-refractivity contribution is 7.99. The molecule has 1 rings (SSSR count). The lowest BCUT2D eigenvalue weighted by Gasteiger charge is -2.07. The van der Waals surface area contributed by atoms with Crippen molar-refractivity contribution in [2.24, 2.45) is 5.73 Å². The van der Waals surface area contributed by atoms with Gasteiger partial charge in [0, 0.05) is 10.6 Å². The number of nitriles is 1. The van der Waals surface area contributed by atoms with Crippen molar-refractivity contribution in [3.8, 4) is 11.8 Å². The van der Waals surface area contributed by atoms with Gasteiger partial charge in [-0.2, -0.15) is 5.26 Å². The second-order valence-corrected chi connectivity index (χ2v) is 4.16. The van der Waals surface area contributed by atoms with Crippen LogP contribution in [0.15, 0.2) is 29.2 Å². The van der Waals surface area contributed by atoms with Crippen LogP contribution in [0.1, 0.15) is 6.42 Å². The number of nitrogens with zero attached hydrogens (tertiary/aromatic N) is 1. The van der Waals surface area contributed by atoms with E-state index in [1.165, 1.54) is 0 Å². The van der Waals surface area contributed by atoms with Crippen LogP contribution in [0.2, 0.25) is 0 Å². The Morgan fingerprint density at radius 2 is 2.27 bits per heavy atom. The number of hydrogen-bond donors (Lipinski definition) is 1. The molecule has 1 unspecified atom stereocenters. The molecule has 15 heavy (non-hydrogen) atoms. The van der Waals surface area contributed by atoms with Gasteiger partial charge in [0.25, 0.3) is 0 Å².